The van der Waals surface area contributed by atoms with Crippen molar-refractivity contribution >= 4 is 39.1 Å². The predicted molar refractivity (Wildman–Crippen MR) is 73.1 cm³/mol. The Kier molecular flexibility index (Phi) is 4.07. The summed E-state index contributed by atoms with van der Waals surface area (Å²) < 4.78 is 0.882. The molecule has 2 rings (SSSR count). The first-order valence-electron chi connectivity index (χ1n) is 5.59. The van der Waals surface area contributed by atoms with E-state index in [1.54, 1.807) is 12.1 Å². The summed E-state index contributed by atoms with van der Waals surface area (Å²) in [5, 5.41) is 3.38. The first-order valence-corrected chi connectivity index (χ1v) is 6.76. The molecule has 0 saturated heterocycles. The van der Waals surface area contributed by atoms with Gasteiger partial charge in [-0.3, -0.25) is 4.79 Å². The number of anilines is 1. The van der Waals surface area contributed by atoms with E-state index in [1.807, 2.05) is 6.07 Å². The maximum Gasteiger partial charge on any atom is 0.229 e. The SMILES string of the molecule is NC1CCCC1C(=O)Nc1cc(Br)ccc1Cl. The molecule has 17 heavy (non-hydrogen) atoms. The number of hydrogen-bond acceptors (Lipinski definition) is 2. The highest BCUT2D eigenvalue weighted by Crippen LogP contribution is 2.29. The fraction of sp³-hybridized carbons (Fsp3) is 0.417. The van der Waals surface area contributed by atoms with Crippen LogP contribution in [0.1, 0.15) is 19.3 Å². The van der Waals surface area contributed by atoms with Crippen molar-refractivity contribution in [1.29, 1.82) is 0 Å². The van der Waals surface area contributed by atoms with Crippen LogP contribution in [0.4, 0.5) is 5.69 Å². The number of nitrogens with two attached hydrogens (primary N) is 1. The van der Waals surface area contributed by atoms with Crippen LogP contribution in [-0.2, 0) is 4.79 Å². The largest absolute Gasteiger partial charge is 0.327 e. The van der Waals surface area contributed by atoms with Crippen LogP contribution in [0.5, 0.6) is 0 Å². The van der Waals surface area contributed by atoms with Crippen molar-refractivity contribution < 1.29 is 4.79 Å². The molecule has 0 radical (unpaired) electrons. The first-order chi connectivity index (χ1) is 8.08. The first kappa shape index (κ1) is 12.9. The van der Waals surface area contributed by atoms with Gasteiger partial charge < -0.3 is 11.1 Å². The minimum absolute atomic E-state index is 0.0269. The number of benzene rings is 1. The van der Waals surface area contributed by atoms with Crippen LogP contribution in [0, 0.1) is 5.92 Å². The second-order valence-corrected chi connectivity index (χ2v) is 5.64. The number of carbonyl (C=O) groups is 1. The van der Waals surface area contributed by atoms with Gasteiger partial charge in [0.1, 0.15) is 0 Å². The quantitative estimate of drug-likeness (QED) is 0.880. The molecule has 1 amide bonds. The van der Waals surface area contributed by atoms with Crippen molar-refractivity contribution in [2.45, 2.75) is 25.3 Å². The Hall–Kier alpha value is -0.580. The molecule has 1 aromatic rings. The van der Waals surface area contributed by atoms with Crippen molar-refractivity contribution in [1.82, 2.24) is 0 Å². The molecule has 0 spiro atoms. The van der Waals surface area contributed by atoms with Crippen LogP contribution in [0.3, 0.4) is 0 Å². The minimum atomic E-state index is -0.0925. The molecular formula is C12H14BrClN2O. The Morgan fingerprint density at radius 1 is 1.47 bits per heavy atom. The molecule has 0 heterocycles. The number of amides is 1. The Labute approximate surface area is 114 Å². The molecule has 1 aliphatic rings. The van der Waals surface area contributed by atoms with Gasteiger partial charge in [0.15, 0.2) is 0 Å². The molecule has 1 fully saturated rings. The third kappa shape index (κ3) is 3.00. The summed E-state index contributed by atoms with van der Waals surface area (Å²) in [6, 6.07) is 5.34. The lowest BCUT2D eigenvalue weighted by Crippen LogP contribution is -2.34. The zero-order chi connectivity index (χ0) is 12.4. The van der Waals surface area contributed by atoms with E-state index in [0.717, 1.165) is 23.7 Å². The molecule has 2 unspecified atom stereocenters. The van der Waals surface area contributed by atoms with Gasteiger partial charge in [0.05, 0.1) is 16.6 Å². The highest BCUT2D eigenvalue weighted by Gasteiger charge is 2.30. The van der Waals surface area contributed by atoms with Crippen molar-refractivity contribution in [3.8, 4) is 0 Å². The highest BCUT2D eigenvalue weighted by molar-refractivity contribution is 9.10. The van der Waals surface area contributed by atoms with Gasteiger partial charge in [-0.15, -0.1) is 0 Å². The predicted octanol–water partition coefficient (Wildman–Crippen LogP) is 3.17. The summed E-state index contributed by atoms with van der Waals surface area (Å²) in [7, 11) is 0. The minimum Gasteiger partial charge on any atom is -0.327 e. The summed E-state index contributed by atoms with van der Waals surface area (Å²) in [4.78, 5) is 12.0. The van der Waals surface area contributed by atoms with E-state index in [9.17, 15) is 4.79 Å². The third-order valence-electron chi connectivity index (χ3n) is 3.09. The summed E-state index contributed by atoms with van der Waals surface area (Å²) in [6.07, 6.45) is 2.80. The number of carbonyl (C=O) groups excluding carboxylic acids is 1. The molecule has 2 atom stereocenters. The molecule has 1 aliphatic carbocycles. The Morgan fingerprint density at radius 3 is 2.88 bits per heavy atom. The van der Waals surface area contributed by atoms with Crippen LogP contribution in [0.25, 0.3) is 0 Å². The van der Waals surface area contributed by atoms with Gasteiger partial charge in [-0.05, 0) is 31.0 Å². The second kappa shape index (κ2) is 5.38. The molecule has 1 saturated carbocycles. The number of hydrogen-bond donors (Lipinski definition) is 2. The van der Waals surface area contributed by atoms with Crippen LogP contribution >= 0.6 is 27.5 Å². The molecule has 0 bridgehead atoms. The highest BCUT2D eigenvalue weighted by atomic mass is 79.9. The molecule has 5 heteroatoms. The van der Waals surface area contributed by atoms with Crippen molar-refractivity contribution in [2.75, 3.05) is 5.32 Å². The zero-order valence-corrected chi connectivity index (χ0v) is 11.6. The smallest absolute Gasteiger partial charge is 0.229 e. The van der Waals surface area contributed by atoms with E-state index in [0.29, 0.717) is 10.7 Å². The standard InChI is InChI=1S/C12H14BrClN2O/c13-7-4-5-9(14)11(6-7)16-12(17)8-2-1-3-10(8)15/h4-6,8,10H,1-3,15H2,(H,16,17). The van der Waals surface area contributed by atoms with E-state index in [2.05, 4.69) is 21.2 Å². The monoisotopic (exact) mass is 316 g/mol. The van der Waals surface area contributed by atoms with Gasteiger partial charge in [-0.2, -0.15) is 0 Å². The van der Waals surface area contributed by atoms with Crippen LogP contribution in [0.2, 0.25) is 5.02 Å². The maximum absolute atomic E-state index is 12.0. The fourth-order valence-corrected chi connectivity index (χ4v) is 2.66. The zero-order valence-electron chi connectivity index (χ0n) is 9.25. The number of rotatable bonds is 2. The Balaban J connectivity index is 2.10. The average molecular weight is 318 g/mol. The Bertz CT molecular complexity index is 439. The van der Waals surface area contributed by atoms with Gasteiger partial charge in [-0.1, -0.05) is 34.0 Å². The maximum atomic E-state index is 12.0. The molecule has 3 N–H and O–H groups in total. The number of halogens is 2. The van der Waals surface area contributed by atoms with Gasteiger partial charge in [0.25, 0.3) is 0 Å². The summed E-state index contributed by atoms with van der Waals surface area (Å²) in [5.74, 6) is -0.125. The summed E-state index contributed by atoms with van der Waals surface area (Å²) in [5.41, 5.74) is 6.53. The fourth-order valence-electron chi connectivity index (χ4n) is 2.13. The van der Waals surface area contributed by atoms with E-state index in [-0.39, 0.29) is 17.9 Å². The third-order valence-corrected chi connectivity index (χ3v) is 3.92. The topological polar surface area (TPSA) is 55.1 Å². The molecule has 0 aromatic heterocycles. The van der Waals surface area contributed by atoms with Crippen LogP contribution < -0.4 is 11.1 Å². The van der Waals surface area contributed by atoms with E-state index in [1.165, 1.54) is 0 Å². The van der Waals surface area contributed by atoms with Crippen molar-refractivity contribution in [3.05, 3.63) is 27.7 Å². The molecule has 1 aromatic carbocycles. The molecule has 3 nitrogen and oxygen atoms in total. The van der Waals surface area contributed by atoms with Crippen LogP contribution in [-0.4, -0.2) is 11.9 Å². The lowest BCUT2D eigenvalue weighted by molar-refractivity contribution is -0.120. The summed E-state index contributed by atoms with van der Waals surface area (Å²) in [6.45, 7) is 0. The van der Waals surface area contributed by atoms with Crippen molar-refractivity contribution in [2.24, 2.45) is 11.7 Å². The van der Waals surface area contributed by atoms with Crippen LogP contribution in [0.15, 0.2) is 22.7 Å². The van der Waals surface area contributed by atoms with Gasteiger partial charge in [0, 0.05) is 10.5 Å². The van der Waals surface area contributed by atoms with Gasteiger partial charge >= 0.3 is 0 Å². The lowest BCUT2D eigenvalue weighted by Gasteiger charge is -2.15. The van der Waals surface area contributed by atoms with Gasteiger partial charge in [0.2, 0.25) is 5.91 Å². The van der Waals surface area contributed by atoms with E-state index < -0.39 is 0 Å². The van der Waals surface area contributed by atoms with Crippen molar-refractivity contribution in [3.63, 3.8) is 0 Å². The summed E-state index contributed by atoms with van der Waals surface area (Å²) >= 11 is 9.36. The molecule has 92 valence electrons. The van der Waals surface area contributed by atoms with E-state index in [4.69, 9.17) is 17.3 Å². The second-order valence-electron chi connectivity index (χ2n) is 4.31. The Morgan fingerprint density at radius 2 is 2.24 bits per heavy atom. The normalized spacial score (nSPS) is 23.7. The molecule has 0 aliphatic heterocycles. The van der Waals surface area contributed by atoms with Gasteiger partial charge in [-0.25, -0.2) is 0 Å². The van der Waals surface area contributed by atoms with E-state index >= 15 is 0 Å². The molecular weight excluding hydrogens is 304 g/mol. The number of nitrogens with one attached hydrogen (secondary N) is 1. The lowest BCUT2D eigenvalue weighted by atomic mass is 10.0. The average Bonchev–Trinajstić information content (AvgIpc) is 2.70.